The Morgan fingerprint density at radius 1 is 0.733 bits per heavy atom. The molecule has 0 spiro atoms. The molecule has 3 nitrogen and oxygen atoms in total. The Balaban J connectivity index is 1.77. The largest absolute Gasteiger partial charge is 0.393 e. The third-order valence-electron chi connectivity index (χ3n) is 3.55. The van der Waals surface area contributed by atoms with E-state index in [0.29, 0.717) is 25.4 Å². The van der Waals surface area contributed by atoms with E-state index in [1.807, 2.05) is 0 Å². The molecule has 2 N–H and O–H groups in total. The lowest BCUT2D eigenvalue weighted by molar-refractivity contribution is -0.0954. The molecule has 2 fully saturated rings. The average molecular weight is 214 g/mol. The molecule has 0 aliphatic heterocycles. The van der Waals surface area contributed by atoms with Gasteiger partial charge in [-0.05, 0) is 32.1 Å². The van der Waals surface area contributed by atoms with E-state index in [-0.39, 0.29) is 18.3 Å². The third kappa shape index (κ3) is 3.44. The Labute approximate surface area is 91.4 Å². The molecule has 2 rings (SSSR count). The Morgan fingerprint density at radius 3 is 1.93 bits per heavy atom. The monoisotopic (exact) mass is 214 g/mol. The number of ether oxygens (including phenoxy) is 1. The van der Waals surface area contributed by atoms with Gasteiger partial charge in [0.1, 0.15) is 0 Å². The average Bonchev–Trinajstić information content (AvgIpc) is 2.17. The van der Waals surface area contributed by atoms with Crippen LogP contribution in [-0.4, -0.2) is 34.6 Å². The lowest BCUT2D eigenvalue weighted by Crippen LogP contribution is -2.37. The van der Waals surface area contributed by atoms with Crippen LogP contribution in [0.15, 0.2) is 0 Å². The zero-order chi connectivity index (χ0) is 10.7. The van der Waals surface area contributed by atoms with E-state index < -0.39 is 0 Å². The van der Waals surface area contributed by atoms with E-state index in [4.69, 9.17) is 4.74 Å². The summed E-state index contributed by atoms with van der Waals surface area (Å²) in [6.45, 7) is 0. The van der Waals surface area contributed by atoms with E-state index in [9.17, 15) is 10.2 Å². The first-order chi connectivity index (χ1) is 7.24. The van der Waals surface area contributed by atoms with Gasteiger partial charge in [-0.25, -0.2) is 0 Å². The van der Waals surface area contributed by atoms with Gasteiger partial charge in [-0.15, -0.1) is 0 Å². The zero-order valence-electron chi connectivity index (χ0n) is 9.27. The molecule has 0 aromatic rings. The first kappa shape index (κ1) is 11.4. The third-order valence-corrected chi connectivity index (χ3v) is 3.55. The van der Waals surface area contributed by atoms with E-state index >= 15 is 0 Å². The Morgan fingerprint density at radius 2 is 1.33 bits per heavy atom. The van der Waals surface area contributed by atoms with Gasteiger partial charge in [0, 0.05) is 0 Å². The van der Waals surface area contributed by atoms with Crippen molar-refractivity contribution >= 4 is 0 Å². The predicted octanol–water partition coefficient (Wildman–Crippen LogP) is 1.61. The number of hydrogen-bond donors (Lipinski definition) is 2. The standard InChI is InChI=1S/C12H22O3/c13-9-6-10(14)8-12(7-9)15-11-4-2-1-3-5-11/h9-14H,1-8H2. The van der Waals surface area contributed by atoms with Crippen molar-refractivity contribution in [3.8, 4) is 0 Å². The van der Waals surface area contributed by atoms with Crippen LogP contribution < -0.4 is 0 Å². The van der Waals surface area contributed by atoms with Crippen LogP contribution in [0.3, 0.4) is 0 Å². The van der Waals surface area contributed by atoms with Gasteiger partial charge < -0.3 is 14.9 Å². The molecule has 0 radical (unpaired) electrons. The van der Waals surface area contributed by atoms with Crippen LogP contribution in [0.4, 0.5) is 0 Å². The molecule has 3 heteroatoms. The number of aliphatic hydroxyl groups is 2. The highest BCUT2D eigenvalue weighted by Crippen LogP contribution is 2.27. The van der Waals surface area contributed by atoms with Gasteiger partial charge in [-0.1, -0.05) is 19.3 Å². The van der Waals surface area contributed by atoms with Gasteiger partial charge in [0.25, 0.3) is 0 Å². The van der Waals surface area contributed by atoms with Crippen LogP contribution in [0.1, 0.15) is 51.4 Å². The minimum absolute atomic E-state index is 0.0758. The minimum atomic E-state index is -0.373. The molecule has 0 heterocycles. The molecule has 88 valence electrons. The predicted molar refractivity (Wildman–Crippen MR) is 57.6 cm³/mol. The highest BCUT2D eigenvalue weighted by molar-refractivity contribution is 4.80. The van der Waals surface area contributed by atoms with Crippen molar-refractivity contribution < 1.29 is 14.9 Å². The highest BCUT2D eigenvalue weighted by atomic mass is 16.5. The van der Waals surface area contributed by atoms with Crippen molar-refractivity contribution in [3.63, 3.8) is 0 Å². The molecule has 15 heavy (non-hydrogen) atoms. The minimum Gasteiger partial charge on any atom is -0.393 e. The van der Waals surface area contributed by atoms with Crippen molar-refractivity contribution in [3.05, 3.63) is 0 Å². The smallest absolute Gasteiger partial charge is 0.0628 e. The second-order valence-electron chi connectivity index (χ2n) is 5.03. The molecule has 2 unspecified atom stereocenters. The molecule has 2 atom stereocenters. The topological polar surface area (TPSA) is 49.7 Å². The highest BCUT2D eigenvalue weighted by Gasteiger charge is 2.29. The maximum atomic E-state index is 9.54. The van der Waals surface area contributed by atoms with Crippen molar-refractivity contribution in [2.75, 3.05) is 0 Å². The number of aliphatic hydroxyl groups excluding tert-OH is 2. The van der Waals surface area contributed by atoms with Crippen molar-refractivity contribution in [2.24, 2.45) is 0 Å². The fraction of sp³-hybridized carbons (Fsp3) is 1.00. The summed E-state index contributed by atoms with van der Waals surface area (Å²) in [6.07, 6.45) is 7.80. The van der Waals surface area contributed by atoms with Gasteiger partial charge in [-0.3, -0.25) is 0 Å². The van der Waals surface area contributed by atoms with Crippen molar-refractivity contribution in [1.29, 1.82) is 0 Å². The summed E-state index contributed by atoms with van der Waals surface area (Å²) in [5, 5.41) is 19.1. The quantitative estimate of drug-likeness (QED) is 0.734. The number of hydrogen-bond acceptors (Lipinski definition) is 3. The van der Waals surface area contributed by atoms with Gasteiger partial charge in [0.2, 0.25) is 0 Å². The van der Waals surface area contributed by atoms with Crippen molar-refractivity contribution in [1.82, 2.24) is 0 Å². The molecule has 2 saturated carbocycles. The maximum Gasteiger partial charge on any atom is 0.0628 e. The summed E-state index contributed by atoms with van der Waals surface area (Å²) in [6, 6.07) is 0. The van der Waals surface area contributed by atoms with Crippen molar-refractivity contribution in [2.45, 2.75) is 75.8 Å². The molecule has 0 saturated heterocycles. The van der Waals surface area contributed by atoms with E-state index in [1.165, 1.54) is 19.3 Å². The van der Waals surface area contributed by atoms with Crippen LogP contribution >= 0.6 is 0 Å². The van der Waals surface area contributed by atoms with Crippen LogP contribution in [0, 0.1) is 0 Å². The fourth-order valence-corrected chi connectivity index (χ4v) is 2.79. The Hall–Kier alpha value is -0.120. The molecule has 2 aliphatic carbocycles. The van der Waals surface area contributed by atoms with Crippen LogP contribution in [0.2, 0.25) is 0 Å². The molecule has 0 aromatic heterocycles. The second-order valence-corrected chi connectivity index (χ2v) is 5.03. The summed E-state index contributed by atoms with van der Waals surface area (Å²) in [5.41, 5.74) is 0. The second kappa shape index (κ2) is 5.28. The molecule has 2 aliphatic rings. The normalized spacial score (nSPS) is 39.2. The van der Waals surface area contributed by atoms with Gasteiger partial charge in [0.15, 0.2) is 0 Å². The van der Waals surface area contributed by atoms with Gasteiger partial charge in [-0.2, -0.15) is 0 Å². The van der Waals surface area contributed by atoms with E-state index in [1.54, 1.807) is 0 Å². The Kier molecular flexibility index (Phi) is 4.00. The van der Waals surface area contributed by atoms with Crippen LogP contribution in [-0.2, 0) is 4.74 Å². The summed E-state index contributed by atoms with van der Waals surface area (Å²) in [5.74, 6) is 0. The molecule has 0 bridgehead atoms. The maximum absolute atomic E-state index is 9.54. The van der Waals surface area contributed by atoms with E-state index in [2.05, 4.69) is 0 Å². The summed E-state index contributed by atoms with van der Waals surface area (Å²) in [4.78, 5) is 0. The summed E-state index contributed by atoms with van der Waals surface area (Å²) in [7, 11) is 0. The summed E-state index contributed by atoms with van der Waals surface area (Å²) >= 11 is 0. The Bertz CT molecular complexity index is 179. The summed E-state index contributed by atoms with van der Waals surface area (Å²) < 4.78 is 5.95. The SMILES string of the molecule is OC1CC(O)CC(OC2CCCCC2)C1. The van der Waals surface area contributed by atoms with Gasteiger partial charge in [0.05, 0.1) is 24.4 Å². The molecule has 0 aromatic carbocycles. The lowest BCUT2D eigenvalue weighted by Gasteiger charge is -2.33. The van der Waals surface area contributed by atoms with Crippen LogP contribution in [0.25, 0.3) is 0 Å². The first-order valence-electron chi connectivity index (χ1n) is 6.25. The fourth-order valence-electron chi connectivity index (χ4n) is 2.79. The van der Waals surface area contributed by atoms with Crippen LogP contribution in [0.5, 0.6) is 0 Å². The number of rotatable bonds is 2. The molecular weight excluding hydrogens is 192 g/mol. The van der Waals surface area contributed by atoms with Gasteiger partial charge >= 0.3 is 0 Å². The first-order valence-corrected chi connectivity index (χ1v) is 6.25. The van der Waals surface area contributed by atoms with E-state index in [0.717, 1.165) is 12.8 Å². The zero-order valence-corrected chi connectivity index (χ0v) is 9.27. The molecular formula is C12H22O3. The lowest BCUT2D eigenvalue weighted by atomic mass is 9.91. The molecule has 0 amide bonds.